The Morgan fingerprint density at radius 1 is 0.935 bits per heavy atom. The Hall–Kier alpha value is -3.83. The van der Waals surface area contributed by atoms with Crippen LogP contribution in [0, 0.1) is 5.82 Å². The lowest BCUT2D eigenvalue weighted by Crippen LogP contribution is -2.45. The highest BCUT2D eigenvalue weighted by molar-refractivity contribution is 6.27. The molecular weight excluding hydrogens is 585 g/mol. The van der Waals surface area contributed by atoms with Crippen LogP contribution in [-0.4, -0.2) is 112 Å². The van der Waals surface area contributed by atoms with Crippen molar-refractivity contribution < 1.29 is 23.5 Å². The van der Waals surface area contributed by atoms with E-state index in [1.54, 1.807) is 6.08 Å². The number of rotatable bonds is 10. The van der Waals surface area contributed by atoms with E-state index < -0.39 is 23.4 Å². The number of likely N-dealkylation sites (N-methyl/N-ethyl adjacent to an activating group) is 1. The first-order valence-electron chi connectivity index (χ1n) is 16.5. The third kappa shape index (κ3) is 6.27. The minimum absolute atomic E-state index is 0.0506. The number of amides is 1. The van der Waals surface area contributed by atoms with E-state index in [1.807, 2.05) is 30.3 Å². The number of carbonyl (C=O) groups is 2. The summed E-state index contributed by atoms with van der Waals surface area (Å²) < 4.78 is 27.8. The SMILES string of the molecule is CN1CCN(CCCNC(=O)C2=CC3c4cc5ccccc5cc4Oc4c(NCCCN5CCOCC5)c(F)cc(c43)C2=O)CC1. The summed E-state index contributed by atoms with van der Waals surface area (Å²) in [5, 5.41) is 8.27. The molecule has 3 heterocycles. The van der Waals surface area contributed by atoms with Crippen molar-refractivity contribution in [3.8, 4) is 11.5 Å². The Kier molecular flexibility index (Phi) is 9.04. The standard InChI is InChI=1S/C36H42FN5O4/c1-40-12-14-41(15-13-40)10-5-9-39-36(44)29-22-27-26-20-24-6-2-3-7-25(24)21-31(26)46-35-32(27)28(34(29)43)23-30(37)33(35)38-8-4-11-42-16-18-45-19-17-42/h2-3,6-7,20-23,27,38H,4-5,8-19H2,1H3,(H,39,44). The topological polar surface area (TPSA) is 86.4 Å². The second-order valence-corrected chi connectivity index (χ2v) is 12.7. The van der Waals surface area contributed by atoms with Crippen LogP contribution >= 0.6 is 0 Å². The average Bonchev–Trinajstić information content (AvgIpc) is 3.07. The minimum Gasteiger partial charge on any atom is -0.454 e. The van der Waals surface area contributed by atoms with Gasteiger partial charge in [0.05, 0.1) is 18.8 Å². The maximum absolute atomic E-state index is 15.9. The molecule has 0 aromatic heterocycles. The number of morpholine rings is 1. The van der Waals surface area contributed by atoms with Crippen LogP contribution < -0.4 is 15.4 Å². The number of fused-ring (bicyclic) bond motifs is 3. The van der Waals surface area contributed by atoms with Crippen LogP contribution in [0.2, 0.25) is 0 Å². The van der Waals surface area contributed by atoms with Crippen molar-refractivity contribution in [1.29, 1.82) is 0 Å². The van der Waals surface area contributed by atoms with Crippen molar-refractivity contribution in [3.63, 3.8) is 0 Å². The molecule has 2 N–H and O–H groups in total. The highest BCUT2D eigenvalue weighted by Crippen LogP contribution is 2.53. The van der Waals surface area contributed by atoms with Gasteiger partial charge in [0.25, 0.3) is 5.91 Å². The molecule has 0 radical (unpaired) electrons. The number of carbonyl (C=O) groups excluding carboxylic acids is 2. The molecule has 46 heavy (non-hydrogen) atoms. The lowest BCUT2D eigenvalue weighted by atomic mass is 9.76. The monoisotopic (exact) mass is 627 g/mol. The van der Waals surface area contributed by atoms with Crippen molar-refractivity contribution in [2.75, 3.05) is 91.0 Å². The number of Topliss-reactive ketones (excluding diaryl/α,β-unsaturated/α-hetero) is 1. The van der Waals surface area contributed by atoms with Gasteiger partial charge < -0.3 is 29.9 Å². The highest BCUT2D eigenvalue weighted by Gasteiger charge is 2.40. The van der Waals surface area contributed by atoms with Gasteiger partial charge >= 0.3 is 0 Å². The van der Waals surface area contributed by atoms with Crippen molar-refractivity contribution in [2.45, 2.75) is 18.8 Å². The van der Waals surface area contributed by atoms with Crippen LogP contribution in [-0.2, 0) is 9.53 Å². The molecule has 2 fully saturated rings. The Labute approximate surface area is 269 Å². The van der Waals surface area contributed by atoms with Crippen LogP contribution in [0.3, 0.4) is 0 Å². The van der Waals surface area contributed by atoms with Crippen LogP contribution in [0.25, 0.3) is 10.8 Å². The predicted octanol–water partition coefficient (Wildman–Crippen LogP) is 4.23. The summed E-state index contributed by atoms with van der Waals surface area (Å²) >= 11 is 0. The van der Waals surface area contributed by atoms with Crippen LogP contribution in [0.1, 0.15) is 40.2 Å². The molecule has 2 saturated heterocycles. The Morgan fingerprint density at radius 2 is 1.63 bits per heavy atom. The molecule has 4 aliphatic rings. The minimum atomic E-state index is -0.565. The first kappa shape index (κ1) is 30.8. The van der Waals surface area contributed by atoms with Crippen LogP contribution in [0.4, 0.5) is 10.1 Å². The number of hydrogen-bond donors (Lipinski definition) is 2. The maximum Gasteiger partial charge on any atom is 0.254 e. The molecule has 3 aromatic carbocycles. The van der Waals surface area contributed by atoms with E-state index in [1.165, 1.54) is 6.07 Å². The van der Waals surface area contributed by atoms with Crippen molar-refractivity contribution in [3.05, 3.63) is 76.6 Å². The molecule has 1 atom stereocenters. The largest absolute Gasteiger partial charge is 0.454 e. The van der Waals surface area contributed by atoms with Gasteiger partial charge in [0.1, 0.15) is 11.4 Å². The summed E-state index contributed by atoms with van der Waals surface area (Å²) in [5.41, 5.74) is 1.94. The number of nitrogens with one attached hydrogen (secondary N) is 2. The fourth-order valence-electron chi connectivity index (χ4n) is 6.99. The normalized spacial score (nSPS) is 20.1. The average molecular weight is 628 g/mol. The lowest BCUT2D eigenvalue weighted by molar-refractivity contribution is -0.117. The molecule has 1 aliphatic carbocycles. The Morgan fingerprint density at radius 3 is 2.39 bits per heavy atom. The van der Waals surface area contributed by atoms with Crippen LogP contribution in [0.15, 0.2) is 54.1 Å². The number of anilines is 1. The molecule has 0 spiro atoms. The summed E-state index contributed by atoms with van der Waals surface area (Å²) in [6.45, 7) is 10.2. The number of piperazine rings is 1. The number of nitrogens with zero attached hydrogens (tertiary/aromatic N) is 3. The fraction of sp³-hybridized carbons (Fsp3) is 0.444. The van der Waals surface area contributed by atoms with Crippen molar-refractivity contribution >= 4 is 28.2 Å². The summed E-state index contributed by atoms with van der Waals surface area (Å²) in [6.07, 6.45) is 3.36. The van der Waals surface area contributed by atoms with E-state index in [-0.39, 0.29) is 16.8 Å². The molecule has 0 bridgehead atoms. The summed E-state index contributed by atoms with van der Waals surface area (Å²) in [6, 6.07) is 13.3. The zero-order valence-electron chi connectivity index (χ0n) is 26.4. The molecule has 1 amide bonds. The molecular formula is C36H42FN5O4. The Bertz CT molecular complexity index is 1660. The van der Waals surface area contributed by atoms with Gasteiger partial charge in [-0.1, -0.05) is 30.3 Å². The molecule has 7 rings (SSSR count). The van der Waals surface area contributed by atoms with Gasteiger partial charge in [-0.3, -0.25) is 14.5 Å². The summed E-state index contributed by atoms with van der Waals surface area (Å²) in [4.78, 5) is 34.4. The van der Waals surface area contributed by atoms with E-state index in [9.17, 15) is 9.59 Å². The number of ketones is 1. The smallest absolute Gasteiger partial charge is 0.254 e. The second kappa shape index (κ2) is 13.5. The van der Waals surface area contributed by atoms with Crippen molar-refractivity contribution in [2.24, 2.45) is 0 Å². The molecule has 0 saturated carbocycles. The summed E-state index contributed by atoms with van der Waals surface area (Å²) in [7, 11) is 2.13. The van der Waals surface area contributed by atoms with Gasteiger partial charge in [0.15, 0.2) is 17.3 Å². The van der Waals surface area contributed by atoms with Gasteiger partial charge in [-0.25, -0.2) is 4.39 Å². The molecule has 1 unspecified atom stereocenters. The number of halogens is 1. The predicted molar refractivity (Wildman–Crippen MR) is 177 cm³/mol. The van der Waals surface area contributed by atoms with Gasteiger partial charge in [-0.2, -0.15) is 0 Å². The van der Waals surface area contributed by atoms with E-state index in [4.69, 9.17) is 9.47 Å². The summed E-state index contributed by atoms with van der Waals surface area (Å²) in [5.74, 6) is -0.973. The number of hydrogen-bond acceptors (Lipinski definition) is 8. The molecule has 9 nitrogen and oxygen atoms in total. The van der Waals surface area contributed by atoms with Gasteiger partial charge in [-0.05, 0) is 62.0 Å². The number of ether oxygens (including phenoxy) is 2. The zero-order valence-corrected chi connectivity index (χ0v) is 26.4. The zero-order chi connectivity index (χ0) is 31.6. The second-order valence-electron chi connectivity index (χ2n) is 12.7. The highest BCUT2D eigenvalue weighted by atomic mass is 19.1. The van der Waals surface area contributed by atoms with E-state index in [0.29, 0.717) is 30.2 Å². The fourth-order valence-corrected chi connectivity index (χ4v) is 6.99. The number of allylic oxidation sites excluding steroid dienone is 1. The third-order valence-electron chi connectivity index (χ3n) is 9.66. The first-order valence-corrected chi connectivity index (χ1v) is 16.5. The van der Waals surface area contributed by atoms with Gasteiger partial charge in [0, 0.05) is 75.0 Å². The quantitative estimate of drug-likeness (QED) is 0.255. The molecule has 3 aromatic rings. The van der Waals surface area contributed by atoms with E-state index in [0.717, 1.165) is 94.7 Å². The van der Waals surface area contributed by atoms with E-state index >= 15 is 4.39 Å². The Balaban J connectivity index is 1.14. The molecule has 3 aliphatic heterocycles. The van der Waals surface area contributed by atoms with E-state index in [2.05, 4.69) is 38.4 Å². The van der Waals surface area contributed by atoms with Crippen LogP contribution in [0.5, 0.6) is 11.5 Å². The maximum atomic E-state index is 15.9. The first-order chi connectivity index (χ1) is 22.5. The van der Waals surface area contributed by atoms with Gasteiger partial charge in [-0.15, -0.1) is 0 Å². The third-order valence-corrected chi connectivity index (χ3v) is 9.66. The van der Waals surface area contributed by atoms with Gasteiger partial charge in [0.2, 0.25) is 0 Å². The van der Waals surface area contributed by atoms with Crippen molar-refractivity contribution in [1.82, 2.24) is 20.0 Å². The molecule has 10 heteroatoms. The lowest BCUT2D eigenvalue weighted by Gasteiger charge is -2.33. The number of benzene rings is 3. The molecule has 242 valence electrons.